The second-order valence-corrected chi connectivity index (χ2v) is 6.43. The second-order valence-electron chi connectivity index (χ2n) is 6.43. The van der Waals surface area contributed by atoms with E-state index >= 15 is 0 Å². The maximum atomic E-state index is 13.1. The van der Waals surface area contributed by atoms with Crippen LogP contribution in [0.5, 0.6) is 11.5 Å². The van der Waals surface area contributed by atoms with Crippen LogP contribution >= 0.6 is 0 Å². The normalized spacial score (nSPS) is 39.7. The number of carbonyl (C=O) groups excluding carboxylic acids is 1. The first-order valence-corrected chi connectivity index (χ1v) is 9.46. The average molecular weight is 421 g/mol. The molecule has 0 aliphatic carbocycles. The number of carbonyl (C=O) groups is 1. The molecule has 29 heavy (non-hydrogen) atoms. The smallest absolute Gasteiger partial charge is 0.220 e. The molecule has 2 N–H and O–H groups in total. The number of ether oxygens (including phenoxy) is 2. The van der Waals surface area contributed by atoms with E-state index in [-0.39, 0.29) is 12.8 Å². The summed E-state index contributed by atoms with van der Waals surface area (Å²) in [6.07, 6.45) is -8.40. The number of fused-ring (bicyclic) bond motifs is 1. The number of benzene rings is 1. The highest BCUT2D eigenvalue weighted by Crippen LogP contribution is 2.33. The van der Waals surface area contributed by atoms with Crippen molar-refractivity contribution in [1.82, 2.24) is 10.2 Å². The maximum absolute atomic E-state index is 13.1. The Morgan fingerprint density at radius 2 is 1.97 bits per heavy atom. The van der Waals surface area contributed by atoms with Gasteiger partial charge in [0.05, 0.1) is 14.2 Å². The van der Waals surface area contributed by atoms with E-state index < -0.39 is 85.3 Å². The number of nitrogens with one attached hydrogen (secondary N) is 1. The van der Waals surface area contributed by atoms with Gasteiger partial charge in [-0.3, -0.25) is 4.79 Å². The third-order valence-electron chi connectivity index (χ3n) is 4.21. The third kappa shape index (κ3) is 6.61. The summed E-state index contributed by atoms with van der Waals surface area (Å²) in [5.74, 6) is -2.15. The van der Waals surface area contributed by atoms with Gasteiger partial charge in [-0.2, -0.15) is 0 Å². The SMILES string of the molecule is [2H]C1([2H])Oc2ccc([C@@]([2H])(O)[C@]([2H])(NC(=O)CCCCCCC)C([2H])([2H])N3C([2H])([2H])C([2H])([2H])C([2H])([2H])C3([2H])[2H])cc2OC1([2H])[2H]. The van der Waals surface area contributed by atoms with Crippen molar-refractivity contribution in [2.24, 2.45) is 0 Å². The molecule has 0 radical (unpaired) electrons. The molecule has 3 rings (SSSR count). The van der Waals surface area contributed by atoms with Gasteiger partial charge in [-0.05, 0) is 49.9 Å². The van der Waals surface area contributed by atoms with Crippen molar-refractivity contribution >= 4 is 5.91 Å². The zero-order valence-corrected chi connectivity index (χ0v) is 16.1. The summed E-state index contributed by atoms with van der Waals surface area (Å²) >= 11 is 0. The van der Waals surface area contributed by atoms with Crippen molar-refractivity contribution in [2.45, 2.75) is 70.3 Å². The van der Waals surface area contributed by atoms with Gasteiger partial charge in [0.2, 0.25) is 5.91 Å². The molecule has 6 nitrogen and oxygen atoms in total. The molecule has 2 aliphatic rings. The summed E-state index contributed by atoms with van der Waals surface area (Å²) in [6.45, 7) is -16.0. The minimum atomic E-state index is -4.11. The van der Waals surface area contributed by atoms with Crippen LogP contribution in [0.15, 0.2) is 18.2 Å². The molecule has 1 saturated heterocycles. The minimum Gasteiger partial charge on any atom is -0.486 e. The van der Waals surface area contributed by atoms with Gasteiger partial charge >= 0.3 is 0 Å². The Kier molecular flexibility index (Phi) is 3.60. The van der Waals surface area contributed by atoms with Gasteiger partial charge in [0, 0.05) is 26.6 Å². The van der Waals surface area contributed by atoms with E-state index in [9.17, 15) is 9.90 Å². The number of aliphatic hydroxyl groups is 1. The number of nitrogens with zero attached hydrogens (tertiary/aromatic N) is 1. The maximum Gasteiger partial charge on any atom is 0.220 e. The molecule has 1 amide bonds. The first-order valence-electron chi connectivity index (χ1n) is 17.5. The molecule has 6 heteroatoms. The summed E-state index contributed by atoms with van der Waals surface area (Å²) in [6, 6.07) is -1.44. The van der Waals surface area contributed by atoms with Gasteiger partial charge in [0.1, 0.15) is 19.2 Å². The Hall–Kier alpha value is -1.79. The van der Waals surface area contributed by atoms with Crippen molar-refractivity contribution < 1.29 is 41.3 Å². The predicted octanol–water partition coefficient (Wildman–Crippen LogP) is 3.43. The second kappa shape index (κ2) is 11.4. The van der Waals surface area contributed by atoms with Crippen LogP contribution in [-0.2, 0) is 4.79 Å². The summed E-state index contributed by atoms with van der Waals surface area (Å²) < 4.78 is 142. The van der Waals surface area contributed by atoms with Crippen LogP contribution in [0.3, 0.4) is 0 Å². The van der Waals surface area contributed by atoms with Crippen LogP contribution in [0.25, 0.3) is 0 Å². The molecule has 0 aromatic heterocycles. The van der Waals surface area contributed by atoms with Gasteiger partial charge in [-0.1, -0.05) is 38.7 Å². The van der Waals surface area contributed by atoms with E-state index in [1.165, 1.54) is 0 Å². The quantitative estimate of drug-likeness (QED) is 0.537. The van der Waals surface area contributed by atoms with Crippen LogP contribution in [0.2, 0.25) is 0 Å². The van der Waals surface area contributed by atoms with Gasteiger partial charge < -0.3 is 24.8 Å². The van der Waals surface area contributed by atoms with E-state index in [0.29, 0.717) is 12.5 Å². The molecule has 0 bridgehead atoms. The lowest BCUT2D eigenvalue weighted by Crippen LogP contribution is -2.46. The van der Waals surface area contributed by atoms with E-state index in [4.69, 9.17) is 31.4 Å². The van der Waals surface area contributed by atoms with E-state index in [1.54, 1.807) is 0 Å². The van der Waals surface area contributed by atoms with Crippen molar-refractivity contribution in [2.75, 3.05) is 32.6 Å². The standard InChI is InChI=1S/C23H36N2O4/c1-2-3-4-5-6-9-22(26)24-19(17-25-12-7-8-13-25)23(27)18-10-11-20-21(16-18)29-15-14-28-20/h10-11,16,19,23,27H,2-9,12-15,17H2,1H3,(H,24,26)/t19-,23-/m1/s1/i7D2,8D2,12D2,13D2,14D2,15D2,17D2,19D,23D. The molecule has 2 heterocycles. The highest BCUT2D eigenvalue weighted by molar-refractivity contribution is 5.76. The Labute approximate surface area is 197 Å². The van der Waals surface area contributed by atoms with Crippen LogP contribution < -0.4 is 14.8 Å². The number of rotatable bonds is 11. The molecular formula is C23H36N2O4. The van der Waals surface area contributed by atoms with E-state index in [1.807, 2.05) is 12.2 Å². The first-order chi connectivity index (χ1) is 20.1. The van der Waals surface area contributed by atoms with Crippen LogP contribution in [0.4, 0.5) is 0 Å². The zero-order chi connectivity index (χ0) is 34.9. The van der Waals surface area contributed by atoms with Gasteiger partial charge in [0.15, 0.2) is 11.5 Å². The summed E-state index contributed by atoms with van der Waals surface area (Å²) in [4.78, 5) is 12.5. The van der Waals surface area contributed by atoms with Crippen LogP contribution in [0.1, 0.15) is 91.8 Å². The molecule has 0 spiro atoms. The van der Waals surface area contributed by atoms with E-state index in [2.05, 4.69) is 0 Å². The highest BCUT2D eigenvalue weighted by atomic mass is 16.6. The Bertz CT molecular complexity index is 1270. The number of amides is 1. The molecule has 0 unspecified atom stereocenters. The van der Waals surface area contributed by atoms with Crippen molar-refractivity contribution in [3.63, 3.8) is 0 Å². The van der Waals surface area contributed by atoms with Crippen molar-refractivity contribution in [1.29, 1.82) is 0 Å². The van der Waals surface area contributed by atoms with Crippen LogP contribution in [-0.4, -0.2) is 54.5 Å². The number of likely N-dealkylation sites (tertiary alicyclic amines) is 1. The fourth-order valence-electron chi connectivity index (χ4n) is 2.71. The lowest BCUT2D eigenvalue weighted by atomic mass is 10.0. The predicted molar refractivity (Wildman–Crippen MR) is 113 cm³/mol. The topological polar surface area (TPSA) is 71.0 Å². The fourth-order valence-corrected chi connectivity index (χ4v) is 2.71. The molecule has 1 aromatic rings. The Morgan fingerprint density at radius 1 is 1.24 bits per heavy atom. The average Bonchev–Trinajstić information content (AvgIpc) is 2.94. The van der Waals surface area contributed by atoms with Crippen molar-refractivity contribution in [3.8, 4) is 11.5 Å². The molecular weight excluding hydrogens is 368 g/mol. The largest absolute Gasteiger partial charge is 0.486 e. The molecule has 2 aliphatic heterocycles. The molecule has 1 aromatic carbocycles. The van der Waals surface area contributed by atoms with Crippen LogP contribution in [0, 0.1) is 0 Å². The molecule has 2 atom stereocenters. The van der Waals surface area contributed by atoms with Crippen molar-refractivity contribution in [3.05, 3.63) is 23.8 Å². The fraction of sp³-hybridized carbons (Fsp3) is 0.696. The zero-order valence-electron chi connectivity index (χ0n) is 32.1. The minimum absolute atomic E-state index is 0.221. The molecule has 1 fully saturated rings. The molecule has 162 valence electrons. The summed E-state index contributed by atoms with van der Waals surface area (Å²) in [7, 11) is 0. The summed E-state index contributed by atoms with van der Waals surface area (Å²) in [5.41, 5.74) is -0.809. The summed E-state index contributed by atoms with van der Waals surface area (Å²) in [5, 5.41) is 13.5. The lowest BCUT2D eigenvalue weighted by molar-refractivity contribution is -0.123. The lowest BCUT2D eigenvalue weighted by Gasteiger charge is -2.29. The molecule has 0 saturated carbocycles. The van der Waals surface area contributed by atoms with Gasteiger partial charge in [-0.15, -0.1) is 0 Å². The van der Waals surface area contributed by atoms with Gasteiger partial charge in [0.25, 0.3) is 0 Å². The highest BCUT2D eigenvalue weighted by Gasteiger charge is 2.27. The third-order valence-corrected chi connectivity index (χ3v) is 4.21. The van der Waals surface area contributed by atoms with Gasteiger partial charge in [-0.25, -0.2) is 0 Å². The number of unbranched alkanes of at least 4 members (excludes halogenated alkanes) is 4. The number of hydrogen-bond donors (Lipinski definition) is 2. The Balaban J connectivity index is 2.20. The van der Waals surface area contributed by atoms with E-state index in [0.717, 1.165) is 31.4 Å². The number of hydrogen-bond acceptors (Lipinski definition) is 5. The first kappa shape index (κ1) is 9.15. The monoisotopic (exact) mass is 420 g/mol. The Morgan fingerprint density at radius 3 is 2.72 bits per heavy atom.